The molecule has 0 aliphatic heterocycles. The summed E-state index contributed by atoms with van der Waals surface area (Å²) in [6, 6.07) is 14.7. The lowest BCUT2D eigenvalue weighted by Crippen LogP contribution is -2.34. The summed E-state index contributed by atoms with van der Waals surface area (Å²) in [6.45, 7) is 0.413. The van der Waals surface area contributed by atoms with Gasteiger partial charge in [0.15, 0.2) is 0 Å². The molecule has 3 rings (SSSR count). The molecule has 4 nitrogen and oxygen atoms in total. The van der Waals surface area contributed by atoms with Crippen LogP contribution in [0.5, 0.6) is 0 Å². The first kappa shape index (κ1) is 18.6. The van der Waals surface area contributed by atoms with Crippen LogP contribution in [0.1, 0.15) is 22.0 Å². The molecule has 1 aromatic heterocycles. The molecule has 1 heterocycles. The first-order valence-electron chi connectivity index (χ1n) is 8.20. The number of carbonyl (C=O) groups excluding carboxylic acids is 1. The van der Waals surface area contributed by atoms with Crippen molar-refractivity contribution in [2.45, 2.75) is 6.04 Å². The van der Waals surface area contributed by atoms with E-state index in [1.165, 1.54) is 0 Å². The SMILES string of the molecule is CN(C)C(CNC(=O)c1cc(Cl)cc2cccnc12)c1ccccc1Cl. The van der Waals surface area contributed by atoms with Crippen LogP contribution in [-0.2, 0) is 0 Å². The predicted octanol–water partition coefficient (Wildman–Crippen LogP) is 4.57. The van der Waals surface area contributed by atoms with Gasteiger partial charge in [-0.25, -0.2) is 0 Å². The zero-order valence-electron chi connectivity index (χ0n) is 14.5. The van der Waals surface area contributed by atoms with Crippen LogP contribution in [0, 0.1) is 0 Å². The average molecular weight is 388 g/mol. The number of carbonyl (C=O) groups is 1. The van der Waals surface area contributed by atoms with Crippen LogP contribution < -0.4 is 5.32 Å². The van der Waals surface area contributed by atoms with Crippen molar-refractivity contribution in [3.8, 4) is 0 Å². The van der Waals surface area contributed by atoms with Gasteiger partial charge in [-0.3, -0.25) is 9.78 Å². The van der Waals surface area contributed by atoms with Gasteiger partial charge in [-0.1, -0.05) is 47.5 Å². The van der Waals surface area contributed by atoms with Gasteiger partial charge in [-0.15, -0.1) is 0 Å². The largest absolute Gasteiger partial charge is 0.350 e. The average Bonchev–Trinajstić information content (AvgIpc) is 2.62. The molecule has 0 radical (unpaired) electrons. The number of benzene rings is 2. The van der Waals surface area contributed by atoms with E-state index in [1.54, 1.807) is 18.3 Å². The van der Waals surface area contributed by atoms with Crippen LogP contribution in [0.3, 0.4) is 0 Å². The van der Waals surface area contributed by atoms with Crippen molar-refractivity contribution in [2.24, 2.45) is 0 Å². The number of hydrogen-bond donors (Lipinski definition) is 1. The number of rotatable bonds is 5. The first-order valence-corrected chi connectivity index (χ1v) is 8.96. The molecule has 0 bridgehead atoms. The molecule has 1 unspecified atom stereocenters. The van der Waals surface area contributed by atoms with E-state index >= 15 is 0 Å². The number of hydrogen-bond acceptors (Lipinski definition) is 3. The van der Waals surface area contributed by atoms with Crippen molar-refractivity contribution in [2.75, 3.05) is 20.6 Å². The lowest BCUT2D eigenvalue weighted by atomic mass is 10.1. The Balaban J connectivity index is 1.85. The second kappa shape index (κ2) is 8.04. The van der Waals surface area contributed by atoms with E-state index in [9.17, 15) is 4.79 Å². The number of halogens is 2. The minimum absolute atomic E-state index is 0.0499. The summed E-state index contributed by atoms with van der Waals surface area (Å²) in [6.07, 6.45) is 1.67. The van der Waals surface area contributed by atoms with E-state index in [0.717, 1.165) is 10.9 Å². The summed E-state index contributed by atoms with van der Waals surface area (Å²) < 4.78 is 0. The summed E-state index contributed by atoms with van der Waals surface area (Å²) in [4.78, 5) is 19.1. The van der Waals surface area contributed by atoms with E-state index in [1.807, 2.05) is 55.4 Å². The van der Waals surface area contributed by atoms with Crippen LogP contribution in [0.15, 0.2) is 54.7 Å². The van der Waals surface area contributed by atoms with Crippen LogP contribution in [0.4, 0.5) is 0 Å². The molecule has 1 amide bonds. The number of likely N-dealkylation sites (N-methyl/N-ethyl adjacent to an activating group) is 1. The Labute approximate surface area is 162 Å². The molecule has 3 aromatic rings. The van der Waals surface area contributed by atoms with Crippen molar-refractivity contribution in [3.63, 3.8) is 0 Å². The maximum absolute atomic E-state index is 12.8. The zero-order chi connectivity index (χ0) is 18.7. The fraction of sp³-hybridized carbons (Fsp3) is 0.200. The van der Waals surface area contributed by atoms with Crippen molar-refractivity contribution in [1.82, 2.24) is 15.2 Å². The second-order valence-corrected chi connectivity index (χ2v) is 7.08. The molecule has 0 saturated heterocycles. The summed E-state index contributed by atoms with van der Waals surface area (Å²) in [5, 5.41) is 5.00. The van der Waals surface area contributed by atoms with Crippen molar-refractivity contribution < 1.29 is 4.79 Å². The Kier molecular flexibility index (Phi) is 5.77. The molecule has 1 atom stereocenters. The number of fused-ring (bicyclic) bond motifs is 1. The second-order valence-electron chi connectivity index (χ2n) is 6.24. The molecule has 0 saturated carbocycles. The third kappa shape index (κ3) is 3.98. The topological polar surface area (TPSA) is 45.2 Å². The molecule has 0 aliphatic rings. The summed E-state index contributed by atoms with van der Waals surface area (Å²) >= 11 is 12.5. The molecular formula is C20H19Cl2N3O. The number of nitrogens with one attached hydrogen (secondary N) is 1. The fourth-order valence-electron chi connectivity index (χ4n) is 2.93. The fourth-order valence-corrected chi connectivity index (χ4v) is 3.42. The van der Waals surface area contributed by atoms with E-state index in [0.29, 0.717) is 27.7 Å². The van der Waals surface area contributed by atoms with Gasteiger partial charge in [0, 0.05) is 28.2 Å². The Morgan fingerprint density at radius 1 is 1.15 bits per heavy atom. The van der Waals surface area contributed by atoms with Crippen LogP contribution in [-0.4, -0.2) is 36.4 Å². The van der Waals surface area contributed by atoms with Crippen LogP contribution >= 0.6 is 23.2 Å². The minimum atomic E-state index is -0.213. The van der Waals surface area contributed by atoms with Crippen molar-refractivity contribution in [1.29, 1.82) is 0 Å². The monoisotopic (exact) mass is 387 g/mol. The molecule has 0 fully saturated rings. The number of amides is 1. The quantitative estimate of drug-likeness (QED) is 0.696. The summed E-state index contributed by atoms with van der Waals surface area (Å²) in [5.41, 5.74) is 2.06. The van der Waals surface area contributed by atoms with Crippen molar-refractivity contribution in [3.05, 3.63) is 75.9 Å². The number of aromatic nitrogens is 1. The normalized spacial score (nSPS) is 12.3. The maximum Gasteiger partial charge on any atom is 0.253 e. The molecule has 1 N–H and O–H groups in total. The Bertz CT molecular complexity index is 943. The lowest BCUT2D eigenvalue weighted by molar-refractivity contribution is 0.0943. The minimum Gasteiger partial charge on any atom is -0.350 e. The van der Waals surface area contributed by atoms with Gasteiger partial charge >= 0.3 is 0 Å². The van der Waals surface area contributed by atoms with E-state index < -0.39 is 0 Å². The number of pyridine rings is 1. The van der Waals surface area contributed by atoms with Gasteiger partial charge in [0.1, 0.15) is 0 Å². The highest BCUT2D eigenvalue weighted by Gasteiger charge is 2.19. The lowest BCUT2D eigenvalue weighted by Gasteiger charge is -2.26. The molecule has 6 heteroatoms. The Hall–Kier alpha value is -2.14. The highest BCUT2D eigenvalue weighted by Crippen LogP contribution is 2.26. The highest BCUT2D eigenvalue weighted by molar-refractivity contribution is 6.32. The molecule has 0 spiro atoms. The van der Waals surface area contributed by atoms with Gasteiger partial charge in [0.25, 0.3) is 5.91 Å². The van der Waals surface area contributed by atoms with Gasteiger partial charge in [0.05, 0.1) is 17.1 Å². The molecule has 2 aromatic carbocycles. The molecule has 0 aliphatic carbocycles. The maximum atomic E-state index is 12.8. The third-order valence-electron chi connectivity index (χ3n) is 4.26. The third-order valence-corrected chi connectivity index (χ3v) is 4.82. The summed E-state index contributed by atoms with van der Waals surface area (Å²) in [7, 11) is 3.91. The van der Waals surface area contributed by atoms with Gasteiger partial charge < -0.3 is 10.2 Å². The van der Waals surface area contributed by atoms with Crippen molar-refractivity contribution >= 4 is 40.0 Å². The Morgan fingerprint density at radius 2 is 1.92 bits per heavy atom. The summed E-state index contributed by atoms with van der Waals surface area (Å²) in [5.74, 6) is -0.213. The van der Waals surface area contributed by atoms with E-state index in [-0.39, 0.29) is 11.9 Å². The first-order chi connectivity index (χ1) is 12.5. The predicted molar refractivity (Wildman–Crippen MR) is 107 cm³/mol. The van der Waals surface area contributed by atoms with Gasteiger partial charge in [-0.2, -0.15) is 0 Å². The molecular weight excluding hydrogens is 369 g/mol. The molecule has 26 heavy (non-hydrogen) atoms. The standard InChI is InChI=1S/C20H19Cl2N3O/c1-25(2)18(15-7-3-4-8-17(15)22)12-24-20(26)16-11-14(21)10-13-6-5-9-23-19(13)16/h3-11,18H,12H2,1-2H3,(H,24,26). The number of nitrogens with zero attached hydrogens (tertiary/aromatic N) is 2. The zero-order valence-corrected chi connectivity index (χ0v) is 16.1. The Morgan fingerprint density at radius 3 is 2.65 bits per heavy atom. The van der Waals surface area contributed by atoms with E-state index in [4.69, 9.17) is 23.2 Å². The van der Waals surface area contributed by atoms with E-state index in [2.05, 4.69) is 10.3 Å². The highest BCUT2D eigenvalue weighted by atomic mass is 35.5. The van der Waals surface area contributed by atoms with Crippen LogP contribution in [0.2, 0.25) is 10.0 Å². The van der Waals surface area contributed by atoms with Gasteiger partial charge in [-0.05, 0) is 43.9 Å². The van der Waals surface area contributed by atoms with Gasteiger partial charge in [0.2, 0.25) is 0 Å². The smallest absolute Gasteiger partial charge is 0.253 e. The van der Waals surface area contributed by atoms with Crippen LogP contribution in [0.25, 0.3) is 10.9 Å². The molecule has 134 valence electrons.